The summed E-state index contributed by atoms with van der Waals surface area (Å²) in [6, 6.07) is 21.9. The van der Waals surface area contributed by atoms with Gasteiger partial charge in [-0.2, -0.15) is 0 Å². The fourth-order valence-electron chi connectivity index (χ4n) is 5.07. The summed E-state index contributed by atoms with van der Waals surface area (Å²) in [5, 5.41) is 3.37. The van der Waals surface area contributed by atoms with Crippen molar-refractivity contribution in [1.29, 1.82) is 0 Å². The van der Waals surface area contributed by atoms with E-state index in [0.29, 0.717) is 6.54 Å². The molecule has 2 heterocycles. The average molecular weight is 455 g/mol. The molecule has 3 N–H and O–H groups in total. The van der Waals surface area contributed by atoms with E-state index in [-0.39, 0.29) is 6.04 Å². The molecular weight excluding hydrogens is 420 g/mol. The Morgan fingerprint density at radius 2 is 1.85 bits per heavy atom. The van der Waals surface area contributed by atoms with Gasteiger partial charge in [-0.25, -0.2) is 4.98 Å². The number of para-hydroxylation sites is 2. The molecule has 1 atom stereocenters. The standard InChI is InChI=1S/C28H34N6/c1-33-25-9-3-2-8-24(25)32-27(33)20-34(26-10-4-6-23-7-5-16-31-28(23)26)19-22-13-11-21(12-14-22)18-30-17-15-29/h2-3,5,7-9,11-14,16,26,30H,4,6,10,15,17-20,29H2,1H3. The SMILES string of the molecule is Cn1c(CN(Cc2ccc(CNCCN)cc2)C2CCCc3cccnc32)nc2ccccc21. The molecule has 0 amide bonds. The molecule has 5 rings (SSSR count). The summed E-state index contributed by atoms with van der Waals surface area (Å²) in [5.41, 5.74) is 13.0. The number of nitrogens with two attached hydrogens (primary N) is 1. The molecule has 34 heavy (non-hydrogen) atoms. The van der Waals surface area contributed by atoms with Crippen molar-refractivity contribution in [2.45, 2.75) is 44.9 Å². The number of imidazole rings is 1. The van der Waals surface area contributed by atoms with E-state index in [0.717, 1.165) is 50.4 Å². The summed E-state index contributed by atoms with van der Waals surface area (Å²) in [5.74, 6) is 1.09. The summed E-state index contributed by atoms with van der Waals surface area (Å²) >= 11 is 0. The molecule has 2 aromatic heterocycles. The van der Waals surface area contributed by atoms with E-state index < -0.39 is 0 Å². The van der Waals surface area contributed by atoms with Crippen molar-refractivity contribution < 1.29 is 0 Å². The molecule has 1 unspecified atom stereocenters. The maximum absolute atomic E-state index is 5.59. The third kappa shape index (κ3) is 4.89. The largest absolute Gasteiger partial charge is 0.330 e. The lowest BCUT2D eigenvalue weighted by atomic mass is 9.90. The quantitative estimate of drug-likeness (QED) is 0.373. The lowest BCUT2D eigenvalue weighted by molar-refractivity contribution is 0.152. The third-order valence-corrected chi connectivity index (χ3v) is 6.89. The van der Waals surface area contributed by atoms with Gasteiger partial charge in [0.25, 0.3) is 0 Å². The van der Waals surface area contributed by atoms with Crippen LogP contribution in [-0.2, 0) is 33.1 Å². The van der Waals surface area contributed by atoms with Gasteiger partial charge in [0.05, 0.1) is 29.3 Å². The van der Waals surface area contributed by atoms with E-state index in [1.807, 2.05) is 6.20 Å². The van der Waals surface area contributed by atoms with Gasteiger partial charge in [0.2, 0.25) is 0 Å². The Hall–Kier alpha value is -3.06. The number of aryl methyl sites for hydroxylation is 2. The maximum Gasteiger partial charge on any atom is 0.123 e. The van der Waals surface area contributed by atoms with Crippen molar-refractivity contribution in [3.8, 4) is 0 Å². The predicted molar refractivity (Wildman–Crippen MR) is 137 cm³/mol. The normalized spacial score (nSPS) is 15.7. The molecule has 0 fully saturated rings. The first-order chi connectivity index (χ1) is 16.7. The van der Waals surface area contributed by atoms with E-state index in [1.54, 1.807) is 0 Å². The highest BCUT2D eigenvalue weighted by Crippen LogP contribution is 2.35. The molecule has 1 aliphatic rings. The van der Waals surface area contributed by atoms with Gasteiger partial charge in [-0.3, -0.25) is 9.88 Å². The first-order valence-corrected chi connectivity index (χ1v) is 12.3. The van der Waals surface area contributed by atoms with Crippen LogP contribution in [0.3, 0.4) is 0 Å². The molecule has 6 nitrogen and oxygen atoms in total. The molecule has 0 saturated heterocycles. The second-order valence-corrected chi connectivity index (χ2v) is 9.22. The summed E-state index contributed by atoms with van der Waals surface area (Å²) in [6.07, 6.45) is 5.36. The molecule has 0 aliphatic heterocycles. The van der Waals surface area contributed by atoms with E-state index >= 15 is 0 Å². The fraction of sp³-hybridized carbons (Fsp3) is 0.357. The average Bonchev–Trinajstić information content (AvgIpc) is 3.19. The molecule has 6 heteroatoms. The number of hydrogen-bond acceptors (Lipinski definition) is 5. The molecule has 0 saturated carbocycles. The van der Waals surface area contributed by atoms with Crippen LogP contribution in [0.1, 0.15) is 47.1 Å². The van der Waals surface area contributed by atoms with Gasteiger partial charge in [-0.15, -0.1) is 0 Å². The molecule has 0 spiro atoms. The van der Waals surface area contributed by atoms with Crippen molar-refractivity contribution in [1.82, 2.24) is 24.8 Å². The van der Waals surface area contributed by atoms with Gasteiger partial charge < -0.3 is 15.6 Å². The molecule has 0 radical (unpaired) electrons. The minimum Gasteiger partial charge on any atom is -0.330 e. The number of pyridine rings is 1. The lowest BCUT2D eigenvalue weighted by Crippen LogP contribution is -2.32. The molecule has 0 bridgehead atoms. The first-order valence-electron chi connectivity index (χ1n) is 12.3. The van der Waals surface area contributed by atoms with Gasteiger partial charge in [-0.1, -0.05) is 42.5 Å². The van der Waals surface area contributed by atoms with Crippen molar-refractivity contribution >= 4 is 11.0 Å². The van der Waals surface area contributed by atoms with Crippen LogP contribution in [0, 0.1) is 0 Å². The smallest absolute Gasteiger partial charge is 0.123 e. The van der Waals surface area contributed by atoms with Gasteiger partial charge in [0, 0.05) is 39.4 Å². The Morgan fingerprint density at radius 3 is 2.68 bits per heavy atom. The van der Waals surface area contributed by atoms with Crippen molar-refractivity contribution in [3.63, 3.8) is 0 Å². The van der Waals surface area contributed by atoms with Crippen LogP contribution < -0.4 is 11.1 Å². The van der Waals surface area contributed by atoms with Crippen LogP contribution in [0.5, 0.6) is 0 Å². The van der Waals surface area contributed by atoms with Crippen LogP contribution >= 0.6 is 0 Å². The van der Waals surface area contributed by atoms with E-state index in [2.05, 4.69) is 82.5 Å². The highest BCUT2D eigenvalue weighted by molar-refractivity contribution is 5.75. The van der Waals surface area contributed by atoms with E-state index in [1.165, 1.54) is 34.3 Å². The van der Waals surface area contributed by atoms with Crippen LogP contribution in [0.2, 0.25) is 0 Å². The molecule has 2 aromatic carbocycles. The van der Waals surface area contributed by atoms with Gasteiger partial charge in [0.1, 0.15) is 5.82 Å². The zero-order valence-corrected chi connectivity index (χ0v) is 20.0. The van der Waals surface area contributed by atoms with Gasteiger partial charge in [-0.05, 0) is 54.2 Å². The van der Waals surface area contributed by atoms with Gasteiger partial charge >= 0.3 is 0 Å². The summed E-state index contributed by atoms with van der Waals surface area (Å²) in [4.78, 5) is 12.4. The fourth-order valence-corrected chi connectivity index (χ4v) is 5.07. The topological polar surface area (TPSA) is 72.0 Å². The number of benzene rings is 2. The van der Waals surface area contributed by atoms with Crippen LogP contribution in [0.4, 0.5) is 0 Å². The molecular formula is C28H34N6. The molecule has 1 aliphatic carbocycles. The summed E-state index contributed by atoms with van der Waals surface area (Å²) < 4.78 is 2.23. The van der Waals surface area contributed by atoms with Crippen molar-refractivity contribution in [2.75, 3.05) is 13.1 Å². The number of nitrogens with zero attached hydrogens (tertiary/aromatic N) is 4. The maximum atomic E-state index is 5.59. The Kier molecular flexibility index (Phi) is 7.00. The predicted octanol–water partition coefficient (Wildman–Crippen LogP) is 4.10. The van der Waals surface area contributed by atoms with E-state index in [4.69, 9.17) is 15.7 Å². The minimum atomic E-state index is 0.288. The minimum absolute atomic E-state index is 0.288. The monoisotopic (exact) mass is 454 g/mol. The number of aromatic nitrogens is 3. The number of fused-ring (bicyclic) bond motifs is 2. The van der Waals surface area contributed by atoms with Crippen LogP contribution in [0.15, 0.2) is 66.9 Å². The second-order valence-electron chi connectivity index (χ2n) is 9.22. The zero-order chi connectivity index (χ0) is 23.3. The number of hydrogen-bond donors (Lipinski definition) is 2. The number of nitrogens with one attached hydrogen (secondary N) is 1. The lowest BCUT2D eigenvalue weighted by Gasteiger charge is -2.35. The second kappa shape index (κ2) is 10.5. The highest BCUT2D eigenvalue weighted by Gasteiger charge is 2.28. The zero-order valence-electron chi connectivity index (χ0n) is 20.0. The molecule has 4 aromatic rings. The highest BCUT2D eigenvalue weighted by atomic mass is 15.2. The first kappa shape index (κ1) is 22.7. The molecule has 176 valence electrons. The van der Waals surface area contributed by atoms with Crippen LogP contribution in [0.25, 0.3) is 11.0 Å². The Bertz CT molecular complexity index is 1230. The third-order valence-electron chi connectivity index (χ3n) is 6.89. The van der Waals surface area contributed by atoms with E-state index in [9.17, 15) is 0 Å². The van der Waals surface area contributed by atoms with Gasteiger partial charge in [0.15, 0.2) is 0 Å². The summed E-state index contributed by atoms with van der Waals surface area (Å²) in [7, 11) is 2.12. The Labute approximate surface area is 201 Å². The Balaban J connectivity index is 1.43. The number of rotatable bonds is 9. The van der Waals surface area contributed by atoms with Crippen LogP contribution in [-0.4, -0.2) is 32.5 Å². The Morgan fingerprint density at radius 1 is 1.03 bits per heavy atom. The van der Waals surface area contributed by atoms with Crippen molar-refractivity contribution in [3.05, 3.63) is 95.1 Å². The van der Waals surface area contributed by atoms with Crippen molar-refractivity contribution in [2.24, 2.45) is 12.8 Å². The summed E-state index contributed by atoms with van der Waals surface area (Å²) in [6.45, 7) is 3.99.